The molecule has 0 aliphatic carbocycles. The van der Waals surface area contributed by atoms with Crippen molar-refractivity contribution in [2.45, 2.75) is 44.2 Å². The molecule has 2 aromatic rings. The van der Waals surface area contributed by atoms with Crippen molar-refractivity contribution in [1.29, 1.82) is 0 Å². The molecule has 0 saturated carbocycles. The Morgan fingerprint density at radius 2 is 2.03 bits per heavy atom. The van der Waals surface area contributed by atoms with E-state index in [1.807, 2.05) is 42.1 Å². The summed E-state index contributed by atoms with van der Waals surface area (Å²) in [7, 11) is 5.34. The molecule has 4 rings (SSSR count). The van der Waals surface area contributed by atoms with Gasteiger partial charge in [0.2, 0.25) is 0 Å². The summed E-state index contributed by atoms with van der Waals surface area (Å²) < 4.78 is 12.6. The highest BCUT2D eigenvalue weighted by Gasteiger charge is 2.36. The van der Waals surface area contributed by atoms with E-state index in [4.69, 9.17) is 9.47 Å². The van der Waals surface area contributed by atoms with Crippen molar-refractivity contribution < 1.29 is 19.1 Å². The summed E-state index contributed by atoms with van der Waals surface area (Å²) in [6, 6.07) is 9.76. The average Bonchev–Trinajstić information content (AvgIpc) is 3.54. The largest absolute Gasteiger partial charge is 0.497 e. The minimum atomic E-state index is -0.275. The van der Waals surface area contributed by atoms with E-state index in [0.29, 0.717) is 25.4 Å². The van der Waals surface area contributed by atoms with Crippen LogP contribution in [0, 0.1) is 5.92 Å². The van der Waals surface area contributed by atoms with Crippen molar-refractivity contribution in [2.75, 3.05) is 33.9 Å². The van der Waals surface area contributed by atoms with Gasteiger partial charge in [0.1, 0.15) is 17.5 Å². The van der Waals surface area contributed by atoms with Gasteiger partial charge in [0, 0.05) is 46.0 Å². The Morgan fingerprint density at radius 1 is 1.24 bits per heavy atom. The summed E-state index contributed by atoms with van der Waals surface area (Å²) in [5.74, 6) is 1.12. The minimum absolute atomic E-state index is 0.00778. The van der Waals surface area contributed by atoms with Gasteiger partial charge < -0.3 is 19.3 Å². The van der Waals surface area contributed by atoms with Crippen molar-refractivity contribution in [2.24, 2.45) is 13.0 Å². The number of benzene rings is 1. The van der Waals surface area contributed by atoms with E-state index in [-0.39, 0.29) is 29.9 Å². The summed E-state index contributed by atoms with van der Waals surface area (Å²) in [5.41, 5.74) is 1.57. The molecule has 0 radical (unpaired) electrons. The topological polar surface area (TPSA) is 76.9 Å². The summed E-state index contributed by atoms with van der Waals surface area (Å²) in [6.45, 7) is 2.07. The molecule has 2 saturated heterocycles. The third kappa shape index (κ3) is 5.38. The number of likely N-dealkylation sites (N-methyl/N-ethyl adjacent to an activating group) is 1. The number of rotatable bonds is 7. The van der Waals surface area contributed by atoms with E-state index in [0.717, 1.165) is 43.4 Å². The van der Waals surface area contributed by atoms with Crippen molar-refractivity contribution in [3.8, 4) is 5.75 Å². The molecule has 2 fully saturated rings. The van der Waals surface area contributed by atoms with Crippen LogP contribution in [0.25, 0.3) is 0 Å². The lowest BCUT2D eigenvalue weighted by molar-refractivity contribution is -0.142. The first-order chi connectivity index (χ1) is 16.0. The number of nitrogens with zero attached hydrogens (tertiary/aromatic N) is 4. The van der Waals surface area contributed by atoms with Gasteiger partial charge in [-0.3, -0.25) is 14.3 Å². The number of methoxy groups -OCH3 is 1. The predicted octanol–water partition coefficient (Wildman–Crippen LogP) is 2.53. The number of aryl methyl sites for hydroxylation is 1. The summed E-state index contributed by atoms with van der Waals surface area (Å²) in [4.78, 5) is 29.8. The average molecular weight is 455 g/mol. The van der Waals surface area contributed by atoms with Crippen LogP contribution in [0.4, 0.5) is 0 Å². The standard InChI is InChI=1S/C25H34N4O4/c1-27-12-11-21(26-27)24(30)28(2)22(17-18-6-4-7-20(16-18)32-3)19-9-13-29(14-10-19)25(31)23-8-5-15-33-23/h4,6-7,11-12,16,19,22-23H,5,8-10,13-15,17H2,1-3H3/t22-,23-/m1/s1. The van der Waals surface area contributed by atoms with Gasteiger partial charge in [-0.2, -0.15) is 5.10 Å². The second kappa shape index (κ2) is 10.4. The highest BCUT2D eigenvalue weighted by Crippen LogP contribution is 2.29. The summed E-state index contributed by atoms with van der Waals surface area (Å²) in [5, 5.41) is 4.31. The monoisotopic (exact) mass is 454 g/mol. The van der Waals surface area contributed by atoms with Gasteiger partial charge in [0.25, 0.3) is 11.8 Å². The van der Waals surface area contributed by atoms with Gasteiger partial charge in [-0.25, -0.2) is 0 Å². The molecular formula is C25H34N4O4. The quantitative estimate of drug-likeness (QED) is 0.643. The lowest BCUT2D eigenvalue weighted by atomic mass is 9.84. The number of ether oxygens (including phenoxy) is 2. The number of likely N-dealkylation sites (tertiary alicyclic amines) is 1. The Bertz CT molecular complexity index is 961. The highest BCUT2D eigenvalue weighted by atomic mass is 16.5. The maximum Gasteiger partial charge on any atom is 0.274 e. The summed E-state index contributed by atoms with van der Waals surface area (Å²) >= 11 is 0. The molecule has 2 amide bonds. The van der Waals surface area contributed by atoms with Crippen molar-refractivity contribution >= 4 is 11.8 Å². The molecule has 1 aromatic carbocycles. The fourth-order valence-electron chi connectivity index (χ4n) is 5.00. The fraction of sp³-hybridized carbons (Fsp3) is 0.560. The molecule has 2 atom stereocenters. The number of hydrogen-bond acceptors (Lipinski definition) is 5. The normalized spacial score (nSPS) is 20.0. The molecule has 2 aliphatic heterocycles. The van der Waals surface area contributed by atoms with Crippen LogP contribution < -0.4 is 4.74 Å². The van der Waals surface area contributed by atoms with Crippen LogP contribution in [0.2, 0.25) is 0 Å². The Balaban J connectivity index is 1.49. The third-order valence-corrected chi connectivity index (χ3v) is 6.93. The van der Waals surface area contributed by atoms with E-state index in [2.05, 4.69) is 11.2 Å². The fourth-order valence-corrected chi connectivity index (χ4v) is 5.00. The molecule has 0 spiro atoms. The van der Waals surface area contributed by atoms with E-state index in [9.17, 15) is 9.59 Å². The lowest BCUT2D eigenvalue weighted by Gasteiger charge is -2.40. The maximum absolute atomic E-state index is 13.2. The highest BCUT2D eigenvalue weighted by molar-refractivity contribution is 5.92. The van der Waals surface area contributed by atoms with Gasteiger partial charge >= 0.3 is 0 Å². The first-order valence-corrected chi connectivity index (χ1v) is 11.8. The molecular weight excluding hydrogens is 420 g/mol. The van der Waals surface area contributed by atoms with Crippen LogP contribution in [0.3, 0.4) is 0 Å². The Kier molecular flexibility index (Phi) is 7.33. The van der Waals surface area contributed by atoms with Gasteiger partial charge in [-0.05, 0) is 61.8 Å². The molecule has 2 aliphatic rings. The van der Waals surface area contributed by atoms with Crippen LogP contribution >= 0.6 is 0 Å². The van der Waals surface area contributed by atoms with E-state index < -0.39 is 0 Å². The van der Waals surface area contributed by atoms with Crippen molar-refractivity contribution in [3.63, 3.8) is 0 Å². The zero-order valence-electron chi connectivity index (χ0n) is 19.8. The molecule has 0 bridgehead atoms. The molecule has 8 heteroatoms. The molecule has 1 aromatic heterocycles. The van der Waals surface area contributed by atoms with E-state index in [1.54, 1.807) is 24.1 Å². The Hall–Kier alpha value is -2.87. The molecule has 3 heterocycles. The van der Waals surface area contributed by atoms with Gasteiger partial charge in [-0.1, -0.05) is 12.1 Å². The summed E-state index contributed by atoms with van der Waals surface area (Å²) in [6.07, 6.45) is 5.71. The number of carbonyl (C=O) groups is 2. The second-order valence-corrected chi connectivity index (χ2v) is 9.08. The maximum atomic E-state index is 13.2. The second-order valence-electron chi connectivity index (χ2n) is 9.08. The number of aromatic nitrogens is 2. The van der Waals surface area contributed by atoms with Crippen LogP contribution in [-0.2, 0) is 23.0 Å². The molecule has 8 nitrogen and oxygen atoms in total. The van der Waals surface area contributed by atoms with E-state index in [1.165, 1.54) is 0 Å². The first kappa shape index (κ1) is 23.3. The van der Waals surface area contributed by atoms with Gasteiger partial charge in [0.05, 0.1) is 7.11 Å². The predicted molar refractivity (Wildman–Crippen MR) is 124 cm³/mol. The van der Waals surface area contributed by atoms with Gasteiger partial charge in [-0.15, -0.1) is 0 Å². The number of carbonyl (C=O) groups excluding carboxylic acids is 2. The van der Waals surface area contributed by atoms with Crippen LogP contribution in [0.5, 0.6) is 5.75 Å². The zero-order chi connectivity index (χ0) is 23.4. The lowest BCUT2D eigenvalue weighted by Crippen LogP contribution is -2.50. The zero-order valence-corrected chi connectivity index (χ0v) is 19.8. The molecule has 0 N–H and O–H groups in total. The first-order valence-electron chi connectivity index (χ1n) is 11.8. The Morgan fingerprint density at radius 3 is 2.67 bits per heavy atom. The molecule has 33 heavy (non-hydrogen) atoms. The molecule has 178 valence electrons. The third-order valence-electron chi connectivity index (χ3n) is 6.93. The number of hydrogen-bond donors (Lipinski definition) is 0. The smallest absolute Gasteiger partial charge is 0.274 e. The number of amides is 2. The Labute approximate surface area is 195 Å². The van der Waals surface area contributed by atoms with Crippen LogP contribution in [0.15, 0.2) is 36.5 Å². The van der Waals surface area contributed by atoms with Gasteiger partial charge in [0.15, 0.2) is 0 Å². The van der Waals surface area contributed by atoms with Crippen molar-refractivity contribution in [1.82, 2.24) is 19.6 Å². The minimum Gasteiger partial charge on any atom is -0.497 e. The number of piperidine rings is 1. The van der Waals surface area contributed by atoms with E-state index >= 15 is 0 Å². The SMILES string of the molecule is COc1cccc(C[C@H](C2CCN(C(=O)[C@H]3CCCO3)CC2)N(C)C(=O)c2ccn(C)n2)c1. The van der Waals surface area contributed by atoms with Crippen molar-refractivity contribution in [3.05, 3.63) is 47.8 Å². The molecule has 0 unspecified atom stereocenters. The van der Waals surface area contributed by atoms with Crippen LogP contribution in [0.1, 0.15) is 41.7 Å². The van der Waals surface area contributed by atoms with Crippen LogP contribution in [-0.4, -0.2) is 77.4 Å².